The summed E-state index contributed by atoms with van der Waals surface area (Å²) < 4.78 is 5.08. The standard InChI is InChI=1S/C10H18O3S/c1-10(2,7-4-5-14-6-7)8(13-3)9(11)12/h7-8H,4-6H2,1-3H3,(H,11,12). The summed E-state index contributed by atoms with van der Waals surface area (Å²) in [6.07, 6.45) is 0.413. The molecule has 0 aromatic carbocycles. The van der Waals surface area contributed by atoms with E-state index in [2.05, 4.69) is 0 Å². The first-order valence-corrected chi connectivity index (χ1v) is 5.99. The number of thioether (sulfide) groups is 1. The molecule has 82 valence electrons. The van der Waals surface area contributed by atoms with Crippen LogP contribution in [0.25, 0.3) is 0 Å². The third kappa shape index (κ3) is 2.23. The SMILES string of the molecule is COC(C(=O)O)C(C)(C)C1CCSC1. The number of hydrogen-bond acceptors (Lipinski definition) is 3. The lowest BCUT2D eigenvalue weighted by Crippen LogP contribution is -2.43. The topological polar surface area (TPSA) is 46.5 Å². The Morgan fingerprint density at radius 2 is 2.29 bits per heavy atom. The predicted molar refractivity (Wildman–Crippen MR) is 57.6 cm³/mol. The van der Waals surface area contributed by atoms with E-state index in [1.165, 1.54) is 7.11 Å². The number of hydrogen-bond donors (Lipinski definition) is 1. The van der Waals surface area contributed by atoms with Crippen molar-refractivity contribution in [2.75, 3.05) is 18.6 Å². The van der Waals surface area contributed by atoms with Crippen LogP contribution in [-0.4, -0.2) is 35.8 Å². The summed E-state index contributed by atoms with van der Waals surface area (Å²) in [6.45, 7) is 3.98. The summed E-state index contributed by atoms with van der Waals surface area (Å²) in [7, 11) is 1.47. The van der Waals surface area contributed by atoms with Gasteiger partial charge in [-0.3, -0.25) is 0 Å². The summed E-state index contributed by atoms with van der Waals surface area (Å²) in [6, 6.07) is 0. The number of rotatable bonds is 4. The van der Waals surface area contributed by atoms with Gasteiger partial charge in [-0.05, 0) is 23.8 Å². The van der Waals surface area contributed by atoms with Gasteiger partial charge in [-0.25, -0.2) is 4.79 Å². The quantitative estimate of drug-likeness (QED) is 0.782. The Balaban J connectivity index is 2.74. The normalized spacial score (nSPS) is 24.9. The van der Waals surface area contributed by atoms with E-state index in [1.54, 1.807) is 0 Å². The highest BCUT2D eigenvalue weighted by molar-refractivity contribution is 7.99. The minimum absolute atomic E-state index is 0.274. The highest BCUT2D eigenvalue weighted by Gasteiger charge is 2.42. The highest BCUT2D eigenvalue weighted by Crippen LogP contribution is 2.41. The molecule has 1 N–H and O–H groups in total. The Labute approximate surface area is 89.2 Å². The molecule has 2 unspecified atom stereocenters. The largest absolute Gasteiger partial charge is 0.479 e. The van der Waals surface area contributed by atoms with Crippen LogP contribution in [0.5, 0.6) is 0 Å². The molecule has 0 aromatic heterocycles. The van der Waals surface area contributed by atoms with Gasteiger partial charge in [0.15, 0.2) is 6.10 Å². The summed E-state index contributed by atoms with van der Waals surface area (Å²) in [4.78, 5) is 11.0. The van der Waals surface area contributed by atoms with Crippen LogP contribution in [0, 0.1) is 11.3 Å². The summed E-state index contributed by atoms with van der Waals surface area (Å²) >= 11 is 1.90. The van der Waals surface area contributed by atoms with Gasteiger partial charge in [0.25, 0.3) is 0 Å². The second-order valence-electron chi connectivity index (χ2n) is 4.34. The lowest BCUT2D eigenvalue weighted by atomic mass is 9.74. The van der Waals surface area contributed by atoms with E-state index in [1.807, 2.05) is 25.6 Å². The highest BCUT2D eigenvalue weighted by atomic mass is 32.2. The van der Waals surface area contributed by atoms with Gasteiger partial charge in [0.2, 0.25) is 0 Å². The van der Waals surface area contributed by atoms with E-state index in [9.17, 15) is 4.79 Å². The molecule has 4 heteroatoms. The van der Waals surface area contributed by atoms with Gasteiger partial charge >= 0.3 is 5.97 Å². The van der Waals surface area contributed by atoms with Crippen molar-refractivity contribution in [2.45, 2.75) is 26.4 Å². The summed E-state index contributed by atoms with van der Waals surface area (Å²) in [5.41, 5.74) is -0.274. The van der Waals surface area contributed by atoms with Crippen molar-refractivity contribution >= 4 is 17.7 Å². The molecule has 0 spiro atoms. The molecule has 0 bridgehead atoms. The molecule has 1 rings (SSSR count). The first kappa shape index (κ1) is 11.9. The third-order valence-corrected chi connectivity index (χ3v) is 4.28. The molecule has 14 heavy (non-hydrogen) atoms. The number of carboxylic acids is 1. The molecule has 0 aromatic rings. The Bertz CT molecular complexity index is 209. The Morgan fingerprint density at radius 1 is 1.64 bits per heavy atom. The van der Waals surface area contributed by atoms with Crippen LogP contribution < -0.4 is 0 Å². The zero-order valence-corrected chi connectivity index (χ0v) is 9.76. The minimum Gasteiger partial charge on any atom is -0.479 e. The molecule has 0 aliphatic carbocycles. The van der Waals surface area contributed by atoms with Gasteiger partial charge in [-0.2, -0.15) is 11.8 Å². The first-order valence-electron chi connectivity index (χ1n) is 4.83. The maximum Gasteiger partial charge on any atom is 0.333 e. The fraction of sp³-hybridized carbons (Fsp3) is 0.900. The van der Waals surface area contributed by atoms with E-state index in [-0.39, 0.29) is 5.41 Å². The lowest BCUT2D eigenvalue weighted by Gasteiger charge is -2.35. The molecule has 2 atom stereocenters. The third-order valence-electron chi connectivity index (χ3n) is 3.12. The molecule has 3 nitrogen and oxygen atoms in total. The number of carbonyl (C=O) groups is 1. The zero-order valence-electron chi connectivity index (χ0n) is 8.95. The maximum absolute atomic E-state index is 11.0. The van der Waals surface area contributed by atoms with Crippen LogP contribution in [0.15, 0.2) is 0 Å². The number of ether oxygens (including phenoxy) is 1. The minimum atomic E-state index is -0.852. The fourth-order valence-corrected chi connectivity index (χ4v) is 3.56. The van der Waals surface area contributed by atoms with Crippen LogP contribution in [0.3, 0.4) is 0 Å². The van der Waals surface area contributed by atoms with Crippen molar-refractivity contribution in [1.82, 2.24) is 0 Å². The smallest absolute Gasteiger partial charge is 0.333 e. The van der Waals surface area contributed by atoms with Gasteiger partial charge < -0.3 is 9.84 Å². The molecule has 0 amide bonds. The van der Waals surface area contributed by atoms with E-state index >= 15 is 0 Å². The average Bonchev–Trinajstić information content (AvgIpc) is 2.55. The van der Waals surface area contributed by atoms with E-state index < -0.39 is 12.1 Å². The van der Waals surface area contributed by atoms with Crippen LogP contribution in [-0.2, 0) is 9.53 Å². The molecule has 0 saturated carbocycles. The van der Waals surface area contributed by atoms with Crippen molar-refractivity contribution < 1.29 is 14.6 Å². The second kappa shape index (κ2) is 4.53. The van der Waals surface area contributed by atoms with Gasteiger partial charge in [-0.15, -0.1) is 0 Å². The van der Waals surface area contributed by atoms with E-state index in [4.69, 9.17) is 9.84 Å². The van der Waals surface area contributed by atoms with Crippen molar-refractivity contribution in [3.63, 3.8) is 0 Å². The molecular formula is C10H18O3S. The van der Waals surface area contributed by atoms with Crippen molar-refractivity contribution in [1.29, 1.82) is 0 Å². The zero-order chi connectivity index (χ0) is 10.8. The summed E-state index contributed by atoms with van der Waals surface area (Å²) in [5.74, 6) is 1.80. The van der Waals surface area contributed by atoms with Gasteiger partial charge in [0, 0.05) is 12.5 Å². The van der Waals surface area contributed by atoms with Crippen LogP contribution in [0.4, 0.5) is 0 Å². The number of methoxy groups -OCH3 is 1. The number of carboxylic acid groups (broad SMARTS) is 1. The predicted octanol–water partition coefficient (Wildman–Crippen LogP) is 1.87. The monoisotopic (exact) mass is 218 g/mol. The van der Waals surface area contributed by atoms with Crippen molar-refractivity contribution in [3.05, 3.63) is 0 Å². The van der Waals surface area contributed by atoms with Crippen LogP contribution >= 0.6 is 11.8 Å². The average molecular weight is 218 g/mol. The first-order chi connectivity index (χ1) is 6.50. The second-order valence-corrected chi connectivity index (χ2v) is 5.49. The molecule has 0 radical (unpaired) electrons. The number of aliphatic carboxylic acids is 1. The van der Waals surface area contributed by atoms with Crippen LogP contribution in [0.2, 0.25) is 0 Å². The molecule has 1 aliphatic heterocycles. The Kier molecular flexibility index (Phi) is 3.84. The van der Waals surface area contributed by atoms with Crippen LogP contribution in [0.1, 0.15) is 20.3 Å². The Hall–Kier alpha value is -0.220. The van der Waals surface area contributed by atoms with E-state index in [0.717, 1.165) is 17.9 Å². The molecule has 1 aliphatic rings. The Morgan fingerprint density at radius 3 is 2.64 bits per heavy atom. The fourth-order valence-electron chi connectivity index (χ4n) is 2.06. The van der Waals surface area contributed by atoms with Crippen molar-refractivity contribution in [3.8, 4) is 0 Å². The van der Waals surface area contributed by atoms with Gasteiger partial charge in [0.1, 0.15) is 0 Å². The lowest BCUT2D eigenvalue weighted by molar-refractivity contribution is -0.158. The maximum atomic E-state index is 11.0. The van der Waals surface area contributed by atoms with Gasteiger partial charge in [-0.1, -0.05) is 13.8 Å². The molecule has 1 fully saturated rings. The summed E-state index contributed by atoms with van der Waals surface area (Å²) in [5, 5.41) is 9.04. The van der Waals surface area contributed by atoms with Crippen molar-refractivity contribution in [2.24, 2.45) is 11.3 Å². The van der Waals surface area contributed by atoms with Gasteiger partial charge in [0.05, 0.1) is 0 Å². The van der Waals surface area contributed by atoms with E-state index in [0.29, 0.717) is 5.92 Å². The molecule has 1 heterocycles. The molecular weight excluding hydrogens is 200 g/mol. The molecule has 1 saturated heterocycles.